The minimum atomic E-state index is -4.43. The lowest BCUT2D eigenvalue weighted by molar-refractivity contribution is 0.356. The molecule has 0 fully saturated rings. The van der Waals surface area contributed by atoms with Gasteiger partial charge in [0, 0.05) is 0 Å². The van der Waals surface area contributed by atoms with E-state index in [1.54, 1.807) is 18.2 Å². The molecule has 0 heterocycles. The Kier molecular flexibility index (Phi) is 16.9. The maximum Gasteiger partial charge on any atom is 0.445 e. The summed E-state index contributed by atoms with van der Waals surface area (Å²) in [7, 11) is -4.43. The lowest BCUT2D eigenvalue weighted by Gasteiger charge is -1.89. The molecule has 0 saturated carbocycles. The van der Waals surface area contributed by atoms with Gasteiger partial charge in [0.25, 0.3) is 0 Å². The Labute approximate surface area is 169 Å². The fourth-order valence-corrected chi connectivity index (χ4v) is 1.72. The monoisotopic (exact) mass is 400 g/mol. The molecule has 0 spiro atoms. The smallest absolute Gasteiger partial charge is 0.370 e. The van der Waals surface area contributed by atoms with Gasteiger partial charge in [-0.25, -0.2) is 0 Å². The average molecular weight is 401 g/mol. The van der Waals surface area contributed by atoms with Crippen LogP contribution in [0.4, 0.5) is 0 Å². The van der Waals surface area contributed by atoms with Crippen molar-refractivity contribution in [3.8, 4) is 0 Å². The second-order valence-corrected chi connectivity index (χ2v) is 6.20. The van der Waals surface area contributed by atoms with Crippen molar-refractivity contribution >= 4 is 10.4 Å². The van der Waals surface area contributed by atoms with Crippen LogP contribution in [0.5, 0.6) is 0 Å². The van der Waals surface area contributed by atoms with E-state index in [-0.39, 0.29) is 0 Å². The molecule has 150 valence electrons. The summed E-state index contributed by atoms with van der Waals surface area (Å²) in [4.78, 5) is 0. The molecule has 0 rings (SSSR count). The molecular formula is C23H28O4S. The van der Waals surface area contributed by atoms with Crippen LogP contribution in [0.2, 0.25) is 0 Å². The fourth-order valence-electron chi connectivity index (χ4n) is 1.52. The third-order valence-electron chi connectivity index (χ3n) is 2.74. The summed E-state index contributed by atoms with van der Waals surface area (Å²) in [5, 5.41) is 0. The molecule has 0 atom stereocenters. The van der Waals surface area contributed by atoms with Crippen molar-refractivity contribution < 1.29 is 17.2 Å². The predicted octanol–water partition coefficient (Wildman–Crippen LogP) is 6.13. The summed E-state index contributed by atoms with van der Waals surface area (Å²) in [6, 6.07) is 0. The van der Waals surface area contributed by atoms with Gasteiger partial charge in [-0.15, -0.1) is 0 Å². The van der Waals surface area contributed by atoms with Crippen LogP contribution in [0.3, 0.4) is 0 Å². The van der Waals surface area contributed by atoms with Gasteiger partial charge in [-0.1, -0.05) is 123 Å². The van der Waals surface area contributed by atoms with Gasteiger partial charge in [0.2, 0.25) is 0 Å². The van der Waals surface area contributed by atoms with E-state index in [9.17, 15) is 8.42 Å². The molecule has 0 amide bonds. The maximum atomic E-state index is 10.3. The lowest BCUT2D eigenvalue weighted by atomic mass is 10.3. The molecule has 0 aliphatic rings. The summed E-state index contributed by atoms with van der Waals surface area (Å²) in [6.07, 6.45) is 38.9. The van der Waals surface area contributed by atoms with Crippen LogP contribution in [-0.2, 0) is 14.6 Å². The number of unbranched alkanes of at least 4 members (excludes halogenated alkanes) is 1. The summed E-state index contributed by atoms with van der Waals surface area (Å²) in [5.41, 5.74) is 0. The van der Waals surface area contributed by atoms with Gasteiger partial charge in [0.05, 0.1) is 0 Å². The van der Waals surface area contributed by atoms with E-state index in [2.05, 4.69) is 23.3 Å². The Morgan fingerprint density at radius 3 is 1.25 bits per heavy atom. The van der Waals surface area contributed by atoms with Gasteiger partial charge >= 0.3 is 10.4 Å². The Bertz CT molecular complexity index is 784. The Morgan fingerprint density at radius 2 is 0.929 bits per heavy atom. The molecule has 5 heteroatoms. The van der Waals surface area contributed by atoms with Crippen LogP contribution < -0.4 is 0 Å². The van der Waals surface area contributed by atoms with Gasteiger partial charge in [-0.3, -0.25) is 4.55 Å². The highest BCUT2D eigenvalue weighted by Crippen LogP contribution is 1.90. The molecule has 0 unspecified atom stereocenters. The quantitative estimate of drug-likeness (QED) is 0.230. The van der Waals surface area contributed by atoms with Crippen molar-refractivity contribution in [1.29, 1.82) is 0 Å². The van der Waals surface area contributed by atoms with Crippen LogP contribution in [0.25, 0.3) is 0 Å². The van der Waals surface area contributed by atoms with Gasteiger partial charge in [-0.2, -0.15) is 8.42 Å². The minimum Gasteiger partial charge on any atom is -0.370 e. The van der Waals surface area contributed by atoms with E-state index in [0.29, 0.717) is 0 Å². The second kappa shape index (κ2) is 18.9. The first kappa shape index (κ1) is 25.1. The molecule has 0 aromatic carbocycles. The molecule has 0 bridgehead atoms. The van der Waals surface area contributed by atoms with Gasteiger partial charge in [0.15, 0.2) is 0 Å². The molecule has 0 aromatic rings. The Balaban J connectivity index is 3.95. The zero-order valence-corrected chi connectivity index (χ0v) is 16.9. The lowest BCUT2D eigenvalue weighted by Crippen LogP contribution is -1.96. The van der Waals surface area contributed by atoms with E-state index < -0.39 is 10.4 Å². The van der Waals surface area contributed by atoms with Crippen molar-refractivity contribution in [3.05, 3.63) is 122 Å². The van der Waals surface area contributed by atoms with E-state index in [1.807, 2.05) is 79.0 Å². The van der Waals surface area contributed by atoms with Crippen molar-refractivity contribution in [2.24, 2.45) is 0 Å². The molecular weight excluding hydrogens is 372 g/mol. The topological polar surface area (TPSA) is 63.6 Å². The molecule has 4 nitrogen and oxygen atoms in total. The summed E-state index contributed by atoms with van der Waals surface area (Å²) < 4.78 is 32.8. The largest absolute Gasteiger partial charge is 0.445 e. The Hall–Kier alpha value is -2.89. The molecule has 0 radical (unpaired) electrons. The number of rotatable bonds is 13. The first-order chi connectivity index (χ1) is 13.6. The first-order valence-electron chi connectivity index (χ1n) is 8.87. The van der Waals surface area contributed by atoms with Crippen molar-refractivity contribution in [2.75, 3.05) is 0 Å². The molecule has 0 aliphatic heterocycles. The zero-order chi connectivity index (χ0) is 20.8. The number of hydrogen-bond donors (Lipinski definition) is 1. The van der Waals surface area contributed by atoms with Crippen LogP contribution in [0.1, 0.15) is 19.8 Å². The highest BCUT2D eigenvalue weighted by atomic mass is 32.3. The maximum absolute atomic E-state index is 10.3. The Morgan fingerprint density at radius 1 is 0.607 bits per heavy atom. The number of allylic oxidation sites excluding steroid dienone is 19. The van der Waals surface area contributed by atoms with Crippen LogP contribution >= 0.6 is 0 Å². The molecule has 0 aliphatic carbocycles. The normalized spacial score (nSPS) is 14.6. The van der Waals surface area contributed by atoms with Crippen molar-refractivity contribution in [2.45, 2.75) is 19.8 Å². The molecule has 28 heavy (non-hydrogen) atoms. The van der Waals surface area contributed by atoms with Gasteiger partial charge < -0.3 is 4.18 Å². The van der Waals surface area contributed by atoms with Gasteiger partial charge in [0.1, 0.15) is 6.26 Å². The molecule has 0 aromatic heterocycles. The van der Waals surface area contributed by atoms with E-state index >= 15 is 0 Å². The molecule has 0 saturated heterocycles. The van der Waals surface area contributed by atoms with Crippen LogP contribution in [-0.4, -0.2) is 13.0 Å². The molecule has 1 N–H and O–H groups in total. The van der Waals surface area contributed by atoms with Crippen LogP contribution in [0, 0.1) is 0 Å². The zero-order valence-electron chi connectivity index (χ0n) is 16.0. The first-order valence-corrected chi connectivity index (χ1v) is 10.2. The van der Waals surface area contributed by atoms with Crippen molar-refractivity contribution in [3.63, 3.8) is 0 Å². The second-order valence-electron chi connectivity index (χ2n) is 5.15. The predicted molar refractivity (Wildman–Crippen MR) is 119 cm³/mol. The minimum absolute atomic E-state index is 0.873. The highest BCUT2D eigenvalue weighted by Gasteiger charge is 1.97. The van der Waals surface area contributed by atoms with Gasteiger partial charge in [-0.05, 0) is 12.5 Å². The summed E-state index contributed by atoms with van der Waals surface area (Å²) in [5.74, 6) is 0. The van der Waals surface area contributed by atoms with E-state index in [4.69, 9.17) is 4.55 Å². The van der Waals surface area contributed by atoms with E-state index in [0.717, 1.165) is 12.7 Å². The van der Waals surface area contributed by atoms with Crippen molar-refractivity contribution in [1.82, 2.24) is 0 Å². The fraction of sp³-hybridized carbons (Fsp3) is 0.130. The number of hydrogen-bond acceptors (Lipinski definition) is 3. The van der Waals surface area contributed by atoms with E-state index in [1.165, 1.54) is 12.5 Å². The third kappa shape index (κ3) is 23.1. The summed E-state index contributed by atoms with van der Waals surface area (Å²) in [6.45, 7) is 2.16. The highest BCUT2D eigenvalue weighted by molar-refractivity contribution is 7.81. The SMILES string of the molecule is CCC/C=C/C=C/C=C/C=C/C=C/C=C/C=C/C=C/C=C/C=C/OS(=O)(=O)O. The van der Waals surface area contributed by atoms with Crippen LogP contribution in [0.15, 0.2) is 122 Å². The third-order valence-corrected chi connectivity index (χ3v) is 3.09. The standard InChI is InChI=1S/C23H28O4S/c1-2-3-4-5-6-7-8-9-10-11-12-13-14-15-16-17-18-19-20-21-22-23-27-28(24,25)26/h4-23H,2-3H2,1H3,(H,24,25,26)/b5-4+,7-6+,9-8+,11-10+,13-12+,15-14+,17-16+,19-18+,21-20+,23-22+. The average Bonchev–Trinajstić information content (AvgIpc) is 2.65. The summed E-state index contributed by atoms with van der Waals surface area (Å²) >= 11 is 0.